The molecule has 7 heteroatoms. The Morgan fingerprint density at radius 3 is 2.69 bits per heavy atom. The van der Waals surface area contributed by atoms with E-state index in [2.05, 4.69) is 22.6 Å². The van der Waals surface area contributed by atoms with Gasteiger partial charge in [-0.05, 0) is 44.2 Å². The van der Waals surface area contributed by atoms with E-state index in [4.69, 9.17) is 9.26 Å². The number of nitrogens with one attached hydrogen (secondary N) is 1. The van der Waals surface area contributed by atoms with Crippen molar-refractivity contribution in [3.8, 4) is 0 Å². The molecule has 1 aromatic heterocycles. The zero-order chi connectivity index (χ0) is 20.4. The second-order valence-corrected chi connectivity index (χ2v) is 8.20. The number of hydrogen-bond acceptors (Lipinski definition) is 5. The fourth-order valence-corrected chi connectivity index (χ4v) is 4.46. The van der Waals surface area contributed by atoms with Crippen LogP contribution < -0.4 is 5.32 Å². The van der Waals surface area contributed by atoms with E-state index in [1.54, 1.807) is 11.0 Å². The minimum absolute atomic E-state index is 0.0122. The highest BCUT2D eigenvalue weighted by Crippen LogP contribution is 2.44. The third-order valence-electron chi connectivity index (χ3n) is 5.73. The molecule has 29 heavy (non-hydrogen) atoms. The number of carbonyl (C=O) groups is 2. The molecule has 0 bridgehead atoms. The first kappa shape index (κ1) is 19.6. The first-order valence-corrected chi connectivity index (χ1v) is 10.2. The Hall–Kier alpha value is -2.67. The molecule has 3 heterocycles. The second-order valence-electron chi connectivity index (χ2n) is 8.20. The smallest absolute Gasteiger partial charge is 0.276 e. The largest absolute Gasteiger partial charge is 0.366 e. The van der Waals surface area contributed by atoms with Crippen molar-refractivity contribution in [2.75, 3.05) is 13.1 Å². The van der Waals surface area contributed by atoms with Crippen molar-refractivity contribution in [2.24, 2.45) is 0 Å². The normalized spacial score (nSPS) is 20.5. The predicted molar refractivity (Wildman–Crippen MR) is 106 cm³/mol. The van der Waals surface area contributed by atoms with E-state index in [0.717, 1.165) is 6.42 Å². The maximum Gasteiger partial charge on any atom is 0.276 e. The third kappa shape index (κ3) is 4.05. The van der Waals surface area contributed by atoms with Crippen molar-refractivity contribution in [3.63, 3.8) is 0 Å². The summed E-state index contributed by atoms with van der Waals surface area (Å²) in [5, 5.41) is 6.71. The number of likely N-dealkylation sites (tertiary alicyclic amines) is 1. The van der Waals surface area contributed by atoms with E-state index in [0.29, 0.717) is 38.0 Å². The Balaban J connectivity index is 1.51. The van der Waals surface area contributed by atoms with E-state index in [-0.39, 0.29) is 24.0 Å². The van der Waals surface area contributed by atoms with Gasteiger partial charge in [0.15, 0.2) is 5.69 Å². The summed E-state index contributed by atoms with van der Waals surface area (Å²) >= 11 is 0. The van der Waals surface area contributed by atoms with Crippen LogP contribution in [0, 0.1) is 0 Å². The third-order valence-corrected chi connectivity index (χ3v) is 5.73. The van der Waals surface area contributed by atoms with E-state index >= 15 is 0 Å². The van der Waals surface area contributed by atoms with Gasteiger partial charge in [0.1, 0.15) is 6.26 Å². The van der Waals surface area contributed by atoms with E-state index in [1.807, 2.05) is 26.0 Å². The molecule has 2 aromatic rings. The fourth-order valence-electron chi connectivity index (χ4n) is 4.46. The van der Waals surface area contributed by atoms with Gasteiger partial charge >= 0.3 is 0 Å². The Morgan fingerprint density at radius 1 is 1.24 bits per heavy atom. The minimum atomic E-state index is -0.460. The summed E-state index contributed by atoms with van der Waals surface area (Å²) in [6.07, 6.45) is 3.69. The summed E-state index contributed by atoms with van der Waals surface area (Å²) in [5.74, 6) is -0.108. The quantitative estimate of drug-likeness (QED) is 0.857. The highest BCUT2D eigenvalue weighted by atomic mass is 16.5. The van der Waals surface area contributed by atoms with Gasteiger partial charge in [0.25, 0.3) is 5.91 Å². The average molecular weight is 397 g/mol. The lowest BCUT2D eigenvalue weighted by Gasteiger charge is -2.47. The summed E-state index contributed by atoms with van der Waals surface area (Å²) in [7, 11) is 0. The molecule has 2 aliphatic rings. The van der Waals surface area contributed by atoms with Crippen LogP contribution >= 0.6 is 0 Å². The SMILES string of the molecule is CC(C)NC(=O)CC1Cc2ccccc2C2(CCN(C(=O)c3ccon3)CC2)O1. The van der Waals surface area contributed by atoms with Crippen molar-refractivity contribution in [1.29, 1.82) is 0 Å². The Kier molecular flexibility index (Phi) is 5.41. The molecule has 7 nitrogen and oxygen atoms in total. The van der Waals surface area contributed by atoms with E-state index in [1.165, 1.54) is 17.4 Å². The fraction of sp³-hybridized carbons (Fsp3) is 0.500. The lowest BCUT2D eigenvalue weighted by Crippen LogP contribution is -2.51. The second kappa shape index (κ2) is 7.99. The number of rotatable bonds is 4. The van der Waals surface area contributed by atoms with Gasteiger partial charge in [-0.3, -0.25) is 9.59 Å². The molecule has 2 aliphatic heterocycles. The first-order chi connectivity index (χ1) is 14.0. The average Bonchev–Trinajstić information content (AvgIpc) is 3.22. The topological polar surface area (TPSA) is 84.7 Å². The number of hydrogen-bond donors (Lipinski definition) is 1. The molecule has 0 radical (unpaired) electrons. The number of aromatic nitrogens is 1. The Bertz CT molecular complexity index is 870. The number of carbonyl (C=O) groups excluding carboxylic acids is 2. The number of piperidine rings is 1. The molecule has 1 aromatic carbocycles. The van der Waals surface area contributed by atoms with Crippen LogP contribution in [0.3, 0.4) is 0 Å². The van der Waals surface area contributed by atoms with Crippen molar-refractivity contribution in [1.82, 2.24) is 15.4 Å². The Morgan fingerprint density at radius 2 is 2.00 bits per heavy atom. The van der Waals surface area contributed by atoms with Gasteiger partial charge in [-0.15, -0.1) is 0 Å². The van der Waals surface area contributed by atoms with Crippen molar-refractivity contribution in [3.05, 3.63) is 53.4 Å². The zero-order valence-electron chi connectivity index (χ0n) is 16.9. The summed E-state index contributed by atoms with van der Waals surface area (Å²) < 4.78 is 11.4. The number of benzene rings is 1. The lowest BCUT2D eigenvalue weighted by molar-refractivity contribution is -0.148. The van der Waals surface area contributed by atoms with Crippen LogP contribution in [-0.4, -0.2) is 47.1 Å². The zero-order valence-corrected chi connectivity index (χ0v) is 16.9. The predicted octanol–water partition coefficient (Wildman–Crippen LogP) is 2.66. The van der Waals surface area contributed by atoms with Gasteiger partial charge in [0, 0.05) is 25.2 Å². The molecular weight excluding hydrogens is 370 g/mol. The molecule has 1 fully saturated rings. The van der Waals surface area contributed by atoms with Crippen LogP contribution in [0.5, 0.6) is 0 Å². The van der Waals surface area contributed by atoms with Crippen molar-refractivity contribution < 1.29 is 18.8 Å². The number of amides is 2. The highest BCUT2D eigenvalue weighted by Gasteiger charge is 2.44. The van der Waals surface area contributed by atoms with Crippen LogP contribution in [-0.2, 0) is 21.6 Å². The molecule has 154 valence electrons. The van der Waals surface area contributed by atoms with Gasteiger partial charge < -0.3 is 19.5 Å². The van der Waals surface area contributed by atoms with Gasteiger partial charge in [0.05, 0.1) is 18.1 Å². The monoisotopic (exact) mass is 397 g/mol. The van der Waals surface area contributed by atoms with Crippen LogP contribution in [0.15, 0.2) is 41.1 Å². The minimum Gasteiger partial charge on any atom is -0.366 e. The molecule has 2 amide bonds. The van der Waals surface area contributed by atoms with Gasteiger partial charge in [0.2, 0.25) is 5.91 Å². The number of fused-ring (bicyclic) bond motifs is 2. The molecule has 1 saturated heterocycles. The van der Waals surface area contributed by atoms with Crippen LogP contribution in [0.4, 0.5) is 0 Å². The number of ether oxygens (including phenoxy) is 1. The molecular formula is C22H27N3O4. The Labute approximate surface area is 170 Å². The maximum absolute atomic E-state index is 12.6. The molecule has 0 aliphatic carbocycles. The summed E-state index contributed by atoms with van der Waals surface area (Å²) in [6, 6.07) is 10.0. The number of nitrogens with zero attached hydrogens (tertiary/aromatic N) is 2. The molecule has 0 saturated carbocycles. The van der Waals surface area contributed by atoms with Crippen LogP contribution in [0.25, 0.3) is 0 Å². The van der Waals surface area contributed by atoms with Crippen LogP contribution in [0.1, 0.15) is 54.7 Å². The van der Waals surface area contributed by atoms with E-state index in [9.17, 15) is 9.59 Å². The molecule has 4 rings (SSSR count). The highest BCUT2D eigenvalue weighted by molar-refractivity contribution is 5.92. The van der Waals surface area contributed by atoms with Crippen molar-refractivity contribution >= 4 is 11.8 Å². The summed E-state index contributed by atoms with van der Waals surface area (Å²) in [4.78, 5) is 26.7. The summed E-state index contributed by atoms with van der Waals surface area (Å²) in [5.41, 5.74) is 2.29. The van der Waals surface area contributed by atoms with Gasteiger partial charge in [-0.25, -0.2) is 0 Å². The summed E-state index contributed by atoms with van der Waals surface area (Å²) in [6.45, 7) is 5.06. The van der Waals surface area contributed by atoms with Gasteiger partial charge in [-0.1, -0.05) is 29.4 Å². The first-order valence-electron chi connectivity index (χ1n) is 10.2. The molecule has 1 atom stereocenters. The molecule has 1 spiro atoms. The van der Waals surface area contributed by atoms with E-state index < -0.39 is 5.60 Å². The van der Waals surface area contributed by atoms with Crippen LogP contribution in [0.2, 0.25) is 0 Å². The van der Waals surface area contributed by atoms with Crippen molar-refractivity contribution in [2.45, 2.75) is 57.3 Å². The maximum atomic E-state index is 12.6. The molecule has 1 N–H and O–H groups in total. The molecule has 1 unspecified atom stereocenters. The van der Waals surface area contributed by atoms with Gasteiger partial charge in [-0.2, -0.15) is 0 Å². The lowest BCUT2D eigenvalue weighted by atomic mass is 9.77. The standard InChI is InChI=1S/C22H27N3O4/c1-15(2)23-20(26)14-17-13-16-5-3-4-6-18(16)22(29-17)8-10-25(11-9-22)21(27)19-7-12-28-24-19/h3-7,12,15,17H,8-11,13-14H2,1-2H3,(H,23,26).